The molecule has 0 atom stereocenters. The molecule has 1 aliphatic rings. The van der Waals surface area contributed by atoms with Crippen LogP contribution in [0.3, 0.4) is 0 Å². The molecule has 0 aromatic carbocycles. The van der Waals surface area contributed by atoms with Gasteiger partial charge in [-0.2, -0.15) is 0 Å². The van der Waals surface area contributed by atoms with Crippen molar-refractivity contribution in [2.75, 3.05) is 18.1 Å². The van der Waals surface area contributed by atoms with Crippen LogP contribution in [0.15, 0.2) is 12.3 Å². The van der Waals surface area contributed by atoms with Crippen molar-refractivity contribution in [3.05, 3.63) is 23.6 Å². The summed E-state index contributed by atoms with van der Waals surface area (Å²) in [6.45, 7) is 1.69. The lowest BCUT2D eigenvalue weighted by molar-refractivity contribution is 0.101. The molecule has 16 heavy (non-hydrogen) atoms. The molecule has 0 unspecified atom stereocenters. The number of aromatic nitrogens is 1. The third kappa shape index (κ3) is 1.62. The Balaban J connectivity index is 2.45. The van der Waals surface area contributed by atoms with Gasteiger partial charge in [-0.25, -0.2) is 14.2 Å². The minimum absolute atomic E-state index is 0.0790. The van der Waals surface area contributed by atoms with E-state index in [9.17, 15) is 14.0 Å². The van der Waals surface area contributed by atoms with Crippen LogP contribution < -0.4 is 4.90 Å². The second-order valence-corrected chi connectivity index (χ2v) is 3.32. The molecule has 0 bridgehead atoms. The normalized spacial score (nSPS) is 15.1. The summed E-state index contributed by atoms with van der Waals surface area (Å²) in [5.41, 5.74) is -0.0790. The standard InChI is InChI=1S/C10H9FN2O3/c1-6(14)7-2-3-12-9(8(7)11)13-4-5-16-10(13)15/h2-3H,4-5H2,1H3. The number of anilines is 1. The van der Waals surface area contributed by atoms with Gasteiger partial charge in [0.05, 0.1) is 12.1 Å². The van der Waals surface area contributed by atoms with E-state index in [-0.39, 0.29) is 24.5 Å². The first kappa shape index (κ1) is 10.5. The molecule has 0 saturated carbocycles. The molecule has 6 heteroatoms. The van der Waals surface area contributed by atoms with Crippen molar-refractivity contribution in [3.63, 3.8) is 0 Å². The van der Waals surface area contributed by atoms with Crippen LogP contribution >= 0.6 is 0 Å². The maximum absolute atomic E-state index is 13.8. The molecule has 0 aliphatic carbocycles. The summed E-state index contributed by atoms with van der Waals surface area (Å²) in [5.74, 6) is -1.35. The fourth-order valence-electron chi connectivity index (χ4n) is 1.48. The SMILES string of the molecule is CC(=O)c1ccnc(N2CCOC2=O)c1F. The van der Waals surface area contributed by atoms with Crippen LogP contribution in [0, 0.1) is 5.82 Å². The van der Waals surface area contributed by atoms with Crippen LogP contribution in [0.25, 0.3) is 0 Å². The lowest BCUT2D eigenvalue weighted by atomic mass is 10.2. The molecule has 2 heterocycles. The lowest BCUT2D eigenvalue weighted by Gasteiger charge is -2.13. The predicted molar refractivity (Wildman–Crippen MR) is 52.9 cm³/mol. The molecule has 84 valence electrons. The fraction of sp³-hybridized carbons (Fsp3) is 0.300. The van der Waals surface area contributed by atoms with E-state index in [1.807, 2.05) is 0 Å². The van der Waals surface area contributed by atoms with E-state index in [2.05, 4.69) is 9.72 Å². The van der Waals surface area contributed by atoms with Crippen molar-refractivity contribution in [1.82, 2.24) is 4.98 Å². The van der Waals surface area contributed by atoms with Crippen LogP contribution in [-0.4, -0.2) is 30.0 Å². The Hall–Kier alpha value is -1.98. The molecule has 1 saturated heterocycles. The second-order valence-electron chi connectivity index (χ2n) is 3.32. The van der Waals surface area contributed by atoms with Gasteiger partial charge in [-0.05, 0) is 13.0 Å². The van der Waals surface area contributed by atoms with E-state index in [1.54, 1.807) is 0 Å². The predicted octanol–water partition coefficient (Wildman–Crippen LogP) is 1.38. The number of amides is 1. The third-order valence-corrected chi connectivity index (χ3v) is 2.27. The summed E-state index contributed by atoms with van der Waals surface area (Å²) in [5, 5.41) is 0. The highest BCUT2D eigenvalue weighted by molar-refractivity contribution is 5.96. The maximum atomic E-state index is 13.8. The number of halogens is 1. The summed E-state index contributed by atoms with van der Waals surface area (Å²) >= 11 is 0. The van der Waals surface area contributed by atoms with E-state index < -0.39 is 17.7 Å². The van der Waals surface area contributed by atoms with Gasteiger partial charge < -0.3 is 4.74 Å². The highest BCUT2D eigenvalue weighted by atomic mass is 19.1. The van der Waals surface area contributed by atoms with E-state index >= 15 is 0 Å². The molecule has 1 amide bonds. The summed E-state index contributed by atoms with van der Waals surface area (Å²) < 4.78 is 18.5. The number of hydrogen-bond donors (Lipinski definition) is 0. The Labute approximate surface area is 90.8 Å². The molecule has 5 nitrogen and oxygen atoms in total. The van der Waals surface area contributed by atoms with Gasteiger partial charge in [0, 0.05) is 6.20 Å². The number of rotatable bonds is 2. The summed E-state index contributed by atoms with van der Waals surface area (Å²) in [6.07, 6.45) is 0.646. The highest BCUT2D eigenvalue weighted by Crippen LogP contribution is 2.22. The zero-order valence-electron chi connectivity index (χ0n) is 8.57. The van der Waals surface area contributed by atoms with Gasteiger partial charge >= 0.3 is 6.09 Å². The number of ether oxygens (including phenoxy) is 1. The van der Waals surface area contributed by atoms with E-state index in [1.165, 1.54) is 19.2 Å². The number of carbonyl (C=O) groups is 2. The van der Waals surface area contributed by atoms with Gasteiger partial charge in [-0.3, -0.25) is 9.69 Å². The average molecular weight is 224 g/mol. The Morgan fingerprint density at radius 3 is 2.94 bits per heavy atom. The van der Waals surface area contributed by atoms with Gasteiger partial charge in [-0.1, -0.05) is 0 Å². The first-order valence-electron chi connectivity index (χ1n) is 4.71. The van der Waals surface area contributed by atoms with Gasteiger partial charge in [0.2, 0.25) is 0 Å². The Morgan fingerprint density at radius 1 is 1.62 bits per heavy atom. The molecule has 1 aliphatic heterocycles. The van der Waals surface area contributed by atoms with Crippen molar-refractivity contribution < 1.29 is 18.7 Å². The van der Waals surface area contributed by atoms with Crippen LogP contribution in [0.2, 0.25) is 0 Å². The third-order valence-electron chi connectivity index (χ3n) is 2.27. The van der Waals surface area contributed by atoms with Crippen LogP contribution in [0.4, 0.5) is 15.0 Å². The fourth-order valence-corrected chi connectivity index (χ4v) is 1.48. The number of hydrogen-bond acceptors (Lipinski definition) is 4. The molecule has 0 spiro atoms. The van der Waals surface area contributed by atoms with Gasteiger partial charge in [0.1, 0.15) is 6.61 Å². The Kier molecular flexibility index (Phi) is 2.55. The molecular weight excluding hydrogens is 215 g/mol. The van der Waals surface area contributed by atoms with E-state index in [0.717, 1.165) is 4.90 Å². The first-order chi connectivity index (χ1) is 7.61. The molecule has 1 aromatic heterocycles. The highest BCUT2D eigenvalue weighted by Gasteiger charge is 2.28. The molecule has 0 N–H and O–H groups in total. The van der Waals surface area contributed by atoms with E-state index in [4.69, 9.17) is 0 Å². The van der Waals surface area contributed by atoms with Crippen LogP contribution in [0.5, 0.6) is 0 Å². The maximum Gasteiger partial charge on any atom is 0.415 e. The molecule has 1 fully saturated rings. The lowest BCUT2D eigenvalue weighted by Crippen LogP contribution is -2.26. The summed E-state index contributed by atoms with van der Waals surface area (Å²) in [6, 6.07) is 1.28. The average Bonchev–Trinajstić information content (AvgIpc) is 2.64. The molecular formula is C10H9FN2O3. The van der Waals surface area contributed by atoms with E-state index in [0.29, 0.717) is 0 Å². The second kappa shape index (κ2) is 3.88. The summed E-state index contributed by atoms with van der Waals surface area (Å²) in [7, 11) is 0. The van der Waals surface area contributed by atoms with Gasteiger partial charge in [-0.15, -0.1) is 0 Å². The number of Topliss-reactive ketones (excluding diaryl/α,β-unsaturated/α-hetero) is 1. The molecule has 2 rings (SSSR count). The number of nitrogens with zero attached hydrogens (tertiary/aromatic N) is 2. The number of cyclic esters (lactones) is 1. The summed E-state index contributed by atoms with van der Waals surface area (Å²) in [4.78, 5) is 27.2. The zero-order valence-corrected chi connectivity index (χ0v) is 8.57. The molecule has 0 radical (unpaired) electrons. The minimum atomic E-state index is -0.783. The van der Waals surface area contributed by atoms with Crippen molar-refractivity contribution >= 4 is 17.7 Å². The first-order valence-corrected chi connectivity index (χ1v) is 4.71. The van der Waals surface area contributed by atoms with Crippen LogP contribution in [0.1, 0.15) is 17.3 Å². The Morgan fingerprint density at radius 2 is 2.38 bits per heavy atom. The monoisotopic (exact) mass is 224 g/mol. The smallest absolute Gasteiger partial charge is 0.415 e. The quantitative estimate of drug-likeness (QED) is 0.712. The minimum Gasteiger partial charge on any atom is -0.447 e. The van der Waals surface area contributed by atoms with Crippen molar-refractivity contribution in [3.8, 4) is 0 Å². The topological polar surface area (TPSA) is 59.5 Å². The van der Waals surface area contributed by atoms with Crippen LogP contribution in [-0.2, 0) is 4.74 Å². The number of ketones is 1. The van der Waals surface area contributed by atoms with Gasteiger partial charge in [0.25, 0.3) is 0 Å². The largest absolute Gasteiger partial charge is 0.447 e. The zero-order chi connectivity index (χ0) is 11.7. The number of carbonyl (C=O) groups excluding carboxylic acids is 2. The Bertz CT molecular complexity index is 461. The van der Waals surface area contributed by atoms with Crippen molar-refractivity contribution in [2.24, 2.45) is 0 Å². The van der Waals surface area contributed by atoms with Crippen molar-refractivity contribution in [1.29, 1.82) is 0 Å². The molecule has 1 aromatic rings. The number of pyridine rings is 1. The van der Waals surface area contributed by atoms with Crippen molar-refractivity contribution in [2.45, 2.75) is 6.92 Å². The van der Waals surface area contributed by atoms with Gasteiger partial charge in [0.15, 0.2) is 17.4 Å².